The molecule has 1 N–H and O–H groups in total. The van der Waals surface area contributed by atoms with Crippen LogP contribution in [0.25, 0.3) is 0 Å². The van der Waals surface area contributed by atoms with E-state index in [4.69, 9.17) is 9.47 Å². The van der Waals surface area contributed by atoms with Crippen LogP contribution in [0.4, 0.5) is 4.79 Å². The SMILES string of the molecule is CCCC(NC(=O)OC(C)(C)C)C(=O)OCCCCO[N+](=O)[O-]. The van der Waals surface area contributed by atoms with Crippen molar-refractivity contribution in [2.24, 2.45) is 0 Å². The van der Waals surface area contributed by atoms with Gasteiger partial charge in [0, 0.05) is 0 Å². The summed E-state index contributed by atoms with van der Waals surface area (Å²) in [5, 5.41) is 11.6. The minimum atomic E-state index is -0.867. The van der Waals surface area contributed by atoms with Crippen molar-refractivity contribution in [3.8, 4) is 0 Å². The van der Waals surface area contributed by atoms with Crippen molar-refractivity contribution in [1.82, 2.24) is 5.32 Å². The molecule has 1 unspecified atom stereocenters. The Hall–Kier alpha value is -2.06. The van der Waals surface area contributed by atoms with E-state index in [2.05, 4.69) is 10.2 Å². The summed E-state index contributed by atoms with van der Waals surface area (Å²) in [6.07, 6.45) is 1.28. The molecular formula is C14H26N2O7. The van der Waals surface area contributed by atoms with Crippen molar-refractivity contribution >= 4 is 12.1 Å². The Morgan fingerprint density at radius 1 is 1.22 bits per heavy atom. The zero-order valence-corrected chi connectivity index (χ0v) is 14.1. The molecular weight excluding hydrogens is 308 g/mol. The Kier molecular flexibility index (Phi) is 9.68. The van der Waals surface area contributed by atoms with E-state index in [-0.39, 0.29) is 13.2 Å². The predicted octanol–water partition coefficient (Wildman–Crippen LogP) is 2.21. The predicted molar refractivity (Wildman–Crippen MR) is 81.2 cm³/mol. The number of rotatable bonds is 10. The van der Waals surface area contributed by atoms with Crippen LogP contribution in [0.3, 0.4) is 0 Å². The van der Waals surface area contributed by atoms with Gasteiger partial charge in [-0.15, -0.1) is 10.1 Å². The highest BCUT2D eigenvalue weighted by molar-refractivity contribution is 5.81. The second kappa shape index (κ2) is 10.6. The molecule has 9 nitrogen and oxygen atoms in total. The maximum atomic E-state index is 11.9. The number of carbonyl (C=O) groups excluding carboxylic acids is 2. The molecule has 0 aliphatic carbocycles. The molecule has 9 heteroatoms. The normalized spacial score (nSPS) is 12.2. The molecule has 0 heterocycles. The molecule has 134 valence electrons. The second-order valence-electron chi connectivity index (χ2n) is 5.92. The molecule has 0 saturated carbocycles. The number of carbonyl (C=O) groups is 2. The van der Waals surface area contributed by atoms with Crippen LogP contribution in [0.15, 0.2) is 0 Å². The summed E-state index contributed by atoms with van der Waals surface area (Å²) in [5.74, 6) is -0.548. The quantitative estimate of drug-likeness (QED) is 0.282. The molecule has 0 spiro atoms. The zero-order valence-electron chi connectivity index (χ0n) is 14.1. The van der Waals surface area contributed by atoms with Gasteiger partial charge in [-0.05, 0) is 40.0 Å². The van der Waals surface area contributed by atoms with Crippen LogP contribution >= 0.6 is 0 Å². The average Bonchev–Trinajstić information content (AvgIpc) is 2.39. The summed E-state index contributed by atoms with van der Waals surface area (Å²) >= 11 is 0. The van der Waals surface area contributed by atoms with Gasteiger partial charge in [-0.25, -0.2) is 9.59 Å². The van der Waals surface area contributed by atoms with E-state index in [0.29, 0.717) is 25.7 Å². The van der Waals surface area contributed by atoms with Gasteiger partial charge in [0.2, 0.25) is 0 Å². The molecule has 0 aromatic heterocycles. The third-order valence-electron chi connectivity index (χ3n) is 2.53. The van der Waals surface area contributed by atoms with Gasteiger partial charge < -0.3 is 19.6 Å². The molecule has 1 amide bonds. The summed E-state index contributed by atoms with van der Waals surface area (Å²) in [5.41, 5.74) is -0.651. The van der Waals surface area contributed by atoms with Gasteiger partial charge in [0.25, 0.3) is 5.09 Å². The van der Waals surface area contributed by atoms with Crippen LogP contribution in [0.2, 0.25) is 0 Å². The smallest absolute Gasteiger partial charge is 0.408 e. The topological polar surface area (TPSA) is 117 Å². The van der Waals surface area contributed by atoms with Crippen LogP contribution < -0.4 is 5.32 Å². The molecule has 0 aromatic carbocycles. The van der Waals surface area contributed by atoms with Gasteiger partial charge in [0.1, 0.15) is 11.6 Å². The largest absolute Gasteiger partial charge is 0.464 e. The molecule has 0 radical (unpaired) electrons. The standard InChI is InChI=1S/C14H26N2O7/c1-5-8-11(15-13(18)23-14(2,3)4)12(17)21-9-6-7-10-22-16(19)20/h11H,5-10H2,1-4H3,(H,15,18). The Bertz CT molecular complexity index is 393. The maximum Gasteiger partial charge on any atom is 0.408 e. The third-order valence-corrected chi connectivity index (χ3v) is 2.53. The highest BCUT2D eigenvalue weighted by Gasteiger charge is 2.24. The first-order chi connectivity index (χ1) is 10.7. The van der Waals surface area contributed by atoms with Crippen LogP contribution in [-0.4, -0.2) is 42.0 Å². The summed E-state index contributed by atoms with van der Waals surface area (Å²) in [4.78, 5) is 37.7. The lowest BCUT2D eigenvalue weighted by molar-refractivity contribution is -0.757. The zero-order chi connectivity index (χ0) is 17.9. The first-order valence-corrected chi connectivity index (χ1v) is 7.59. The Morgan fingerprint density at radius 3 is 2.35 bits per heavy atom. The molecule has 0 fully saturated rings. The Morgan fingerprint density at radius 2 is 1.83 bits per heavy atom. The van der Waals surface area contributed by atoms with Crippen molar-refractivity contribution in [3.05, 3.63) is 10.1 Å². The van der Waals surface area contributed by atoms with Crippen molar-refractivity contribution in [3.63, 3.8) is 0 Å². The van der Waals surface area contributed by atoms with Gasteiger partial charge in [0.15, 0.2) is 0 Å². The summed E-state index contributed by atoms with van der Waals surface area (Å²) in [6.45, 7) is 7.13. The molecule has 1 atom stereocenters. The van der Waals surface area contributed by atoms with Gasteiger partial charge >= 0.3 is 12.1 Å². The second-order valence-corrected chi connectivity index (χ2v) is 5.92. The van der Waals surface area contributed by atoms with Crippen LogP contribution in [0.5, 0.6) is 0 Å². The summed E-state index contributed by atoms with van der Waals surface area (Å²) < 4.78 is 10.2. The van der Waals surface area contributed by atoms with E-state index < -0.39 is 28.8 Å². The van der Waals surface area contributed by atoms with Crippen LogP contribution in [-0.2, 0) is 19.1 Å². The van der Waals surface area contributed by atoms with Crippen molar-refractivity contribution in [2.45, 2.75) is 65.0 Å². The van der Waals surface area contributed by atoms with E-state index >= 15 is 0 Å². The van der Waals surface area contributed by atoms with E-state index in [1.54, 1.807) is 20.8 Å². The fourth-order valence-corrected chi connectivity index (χ4v) is 1.60. The van der Waals surface area contributed by atoms with Crippen molar-refractivity contribution in [1.29, 1.82) is 0 Å². The lowest BCUT2D eigenvalue weighted by Gasteiger charge is -2.22. The van der Waals surface area contributed by atoms with Crippen LogP contribution in [0.1, 0.15) is 53.4 Å². The lowest BCUT2D eigenvalue weighted by Crippen LogP contribution is -2.44. The van der Waals surface area contributed by atoms with Crippen molar-refractivity contribution in [2.75, 3.05) is 13.2 Å². The molecule has 0 aromatic rings. The third kappa shape index (κ3) is 12.2. The van der Waals surface area contributed by atoms with Crippen molar-refractivity contribution < 1.29 is 29.0 Å². The van der Waals surface area contributed by atoms with Gasteiger partial charge in [-0.3, -0.25) is 0 Å². The average molecular weight is 334 g/mol. The number of hydrogen-bond acceptors (Lipinski definition) is 7. The van der Waals surface area contributed by atoms with Gasteiger partial charge in [-0.1, -0.05) is 13.3 Å². The number of esters is 1. The first-order valence-electron chi connectivity index (χ1n) is 7.59. The fourth-order valence-electron chi connectivity index (χ4n) is 1.60. The fraction of sp³-hybridized carbons (Fsp3) is 0.857. The number of amides is 1. The molecule has 0 bridgehead atoms. The molecule has 23 heavy (non-hydrogen) atoms. The number of nitrogens with zero attached hydrogens (tertiary/aromatic N) is 1. The Labute approximate surface area is 135 Å². The maximum absolute atomic E-state index is 11.9. The first kappa shape index (κ1) is 20.9. The van der Waals surface area contributed by atoms with E-state index in [1.165, 1.54) is 0 Å². The monoisotopic (exact) mass is 334 g/mol. The van der Waals surface area contributed by atoms with Crippen LogP contribution in [0, 0.1) is 10.1 Å². The lowest BCUT2D eigenvalue weighted by atomic mass is 10.1. The highest BCUT2D eigenvalue weighted by atomic mass is 16.9. The number of unbranched alkanes of at least 4 members (excludes halogenated alkanes) is 1. The molecule has 0 saturated heterocycles. The Balaban J connectivity index is 4.14. The van der Waals surface area contributed by atoms with E-state index in [0.717, 1.165) is 0 Å². The molecule has 0 rings (SSSR count). The van der Waals surface area contributed by atoms with E-state index in [1.807, 2.05) is 6.92 Å². The minimum Gasteiger partial charge on any atom is -0.464 e. The summed E-state index contributed by atoms with van der Waals surface area (Å²) in [7, 11) is 0. The summed E-state index contributed by atoms with van der Waals surface area (Å²) in [6, 6.07) is -0.773. The minimum absolute atomic E-state index is 0.0426. The van der Waals surface area contributed by atoms with Gasteiger partial charge in [-0.2, -0.15) is 0 Å². The molecule has 0 aliphatic rings. The number of hydrogen-bond donors (Lipinski definition) is 1. The van der Waals surface area contributed by atoms with E-state index in [9.17, 15) is 19.7 Å². The van der Waals surface area contributed by atoms with Gasteiger partial charge in [0.05, 0.1) is 13.2 Å². The number of alkyl carbamates (subject to hydrolysis) is 1. The number of nitrogens with one attached hydrogen (secondary N) is 1. The number of ether oxygens (including phenoxy) is 2. The molecule has 0 aliphatic heterocycles. The highest BCUT2D eigenvalue weighted by Crippen LogP contribution is 2.08.